The van der Waals surface area contributed by atoms with Gasteiger partial charge in [0.25, 0.3) is 17.4 Å². The zero-order chi connectivity index (χ0) is 30.7. The van der Waals surface area contributed by atoms with Crippen molar-refractivity contribution in [2.75, 3.05) is 33.8 Å². The van der Waals surface area contributed by atoms with E-state index in [1.165, 1.54) is 4.90 Å². The molecule has 2 aromatic rings. The Morgan fingerprint density at radius 3 is 2.43 bits per heavy atom. The van der Waals surface area contributed by atoms with Gasteiger partial charge < -0.3 is 29.1 Å². The van der Waals surface area contributed by atoms with E-state index >= 15 is 0 Å². The zero-order valence-electron chi connectivity index (χ0n) is 23.3. The molecule has 1 unspecified atom stereocenters. The van der Waals surface area contributed by atoms with Gasteiger partial charge in [-0.2, -0.15) is 13.2 Å². The van der Waals surface area contributed by atoms with Crippen LogP contribution in [0.3, 0.4) is 0 Å². The van der Waals surface area contributed by atoms with Gasteiger partial charge in [-0.05, 0) is 73.8 Å². The number of aryl methyl sites for hydroxylation is 1. The van der Waals surface area contributed by atoms with Crippen molar-refractivity contribution in [3.63, 3.8) is 0 Å². The van der Waals surface area contributed by atoms with Gasteiger partial charge in [-0.15, -0.1) is 8.78 Å². The molecule has 2 atom stereocenters. The highest BCUT2D eigenvalue weighted by Gasteiger charge is 2.65. The number of benzene rings is 2. The number of ether oxygens (including phenoxy) is 3. The second kappa shape index (κ2) is 10.3. The lowest BCUT2D eigenvalue weighted by molar-refractivity contribution is -0.289. The van der Waals surface area contributed by atoms with Crippen LogP contribution < -0.4 is 14.2 Å². The van der Waals surface area contributed by atoms with Crippen molar-refractivity contribution >= 4 is 11.8 Å². The number of carbonyl (C=O) groups is 2. The molecule has 1 spiro atoms. The molecule has 2 fully saturated rings. The van der Waals surface area contributed by atoms with Gasteiger partial charge in [-0.25, -0.2) is 0 Å². The first kappa shape index (κ1) is 29.9. The second-order valence-corrected chi connectivity index (χ2v) is 11.4. The molecule has 5 rings (SSSR count). The first-order valence-corrected chi connectivity index (χ1v) is 13.5. The van der Waals surface area contributed by atoms with Crippen LogP contribution in [-0.4, -0.2) is 73.0 Å². The SMILES string of the molecule is Cc1cc(OCC[C@@H]2CC23CCN(C(=O)C(O)(c2cccc4c2OC(F)(F)O4)C(F)(F)F)CC3)ccc1C(=O)N(C)C. The highest BCUT2D eigenvalue weighted by molar-refractivity contribution is 5.95. The molecule has 1 aliphatic carbocycles. The molecule has 1 N–H and O–H groups in total. The summed E-state index contributed by atoms with van der Waals surface area (Å²) in [6.07, 6.45) is -7.34. The molecular formula is C29H31F5N2O6. The summed E-state index contributed by atoms with van der Waals surface area (Å²) < 4.78 is 84.4. The third-order valence-corrected chi connectivity index (χ3v) is 8.51. The molecule has 13 heteroatoms. The number of fused-ring (bicyclic) bond motifs is 1. The lowest BCUT2D eigenvalue weighted by Gasteiger charge is -2.39. The van der Waals surface area contributed by atoms with Crippen LogP contribution in [0.2, 0.25) is 0 Å². The van der Waals surface area contributed by atoms with Crippen molar-refractivity contribution in [3.8, 4) is 17.2 Å². The Kier molecular flexibility index (Phi) is 7.31. The molecule has 1 saturated carbocycles. The maximum atomic E-state index is 14.3. The number of amides is 2. The predicted molar refractivity (Wildman–Crippen MR) is 138 cm³/mol. The monoisotopic (exact) mass is 598 g/mol. The fourth-order valence-electron chi connectivity index (χ4n) is 6.01. The van der Waals surface area contributed by atoms with Crippen molar-refractivity contribution in [2.24, 2.45) is 11.3 Å². The Morgan fingerprint density at radius 2 is 1.81 bits per heavy atom. The lowest BCUT2D eigenvalue weighted by Crippen LogP contribution is -2.57. The molecule has 42 heavy (non-hydrogen) atoms. The van der Waals surface area contributed by atoms with E-state index in [0.29, 0.717) is 37.2 Å². The quantitative estimate of drug-likeness (QED) is 0.458. The van der Waals surface area contributed by atoms with Crippen molar-refractivity contribution in [2.45, 2.75) is 50.7 Å². The molecule has 2 heterocycles. The average molecular weight is 599 g/mol. The maximum absolute atomic E-state index is 14.3. The Bertz CT molecular complexity index is 1390. The molecule has 1 saturated heterocycles. The molecule has 2 aromatic carbocycles. The van der Waals surface area contributed by atoms with Crippen molar-refractivity contribution in [3.05, 3.63) is 53.1 Å². The third kappa shape index (κ3) is 5.23. The van der Waals surface area contributed by atoms with Gasteiger partial charge in [0.2, 0.25) is 0 Å². The van der Waals surface area contributed by atoms with Gasteiger partial charge in [-0.3, -0.25) is 9.59 Å². The van der Waals surface area contributed by atoms with E-state index in [9.17, 15) is 36.6 Å². The number of rotatable bonds is 7. The number of carbonyl (C=O) groups excluding carboxylic acids is 2. The van der Waals surface area contributed by atoms with Crippen LogP contribution in [0.25, 0.3) is 0 Å². The smallest absolute Gasteiger partial charge is 0.494 e. The van der Waals surface area contributed by atoms with Crippen LogP contribution in [0.5, 0.6) is 17.2 Å². The largest absolute Gasteiger partial charge is 0.586 e. The predicted octanol–water partition coefficient (Wildman–Crippen LogP) is 4.87. The minimum Gasteiger partial charge on any atom is -0.494 e. The first-order valence-electron chi connectivity index (χ1n) is 13.5. The summed E-state index contributed by atoms with van der Waals surface area (Å²) in [4.78, 5) is 27.9. The Labute approximate surface area is 238 Å². The van der Waals surface area contributed by atoms with E-state index in [1.807, 2.05) is 6.92 Å². The first-order chi connectivity index (χ1) is 19.6. The Morgan fingerprint density at radius 1 is 1.12 bits per heavy atom. The van der Waals surface area contributed by atoms with E-state index in [2.05, 4.69) is 9.47 Å². The fourth-order valence-corrected chi connectivity index (χ4v) is 6.01. The van der Waals surface area contributed by atoms with Gasteiger partial charge >= 0.3 is 12.5 Å². The fraction of sp³-hybridized carbons (Fsp3) is 0.517. The van der Waals surface area contributed by atoms with Crippen molar-refractivity contribution in [1.82, 2.24) is 9.80 Å². The average Bonchev–Trinajstić information content (AvgIpc) is 3.46. The van der Waals surface area contributed by atoms with E-state index in [4.69, 9.17) is 4.74 Å². The zero-order valence-corrected chi connectivity index (χ0v) is 23.3. The molecule has 0 radical (unpaired) electrons. The molecule has 2 aliphatic heterocycles. The highest BCUT2D eigenvalue weighted by Crippen LogP contribution is 2.61. The molecule has 0 aromatic heterocycles. The number of piperidine rings is 1. The van der Waals surface area contributed by atoms with Crippen molar-refractivity contribution < 1.29 is 50.9 Å². The van der Waals surface area contributed by atoms with E-state index in [0.717, 1.165) is 35.1 Å². The number of halogens is 5. The number of alkyl halides is 5. The number of hydrogen-bond acceptors (Lipinski definition) is 6. The van der Waals surface area contributed by atoms with E-state index in [1.54, 1.807) is 32.3 Å². The van der Waals surface area contributed by atoms with Crippen LogP contribution >= 0.6 is 0 Å². The van der Waals surface area contributed by atoms with Gasteiger partial charge in [0.1, 0.15) is 5.75 Å². The van der Waals surface area contributed by atoms with E-state index in [-0.39, 0.29) is 30.3 Å². The minimum absolute atomic E-state index is 0.0301. The van der Waals surface area contributed by atoms with Crippen LogP contribution in [0, 0.1) is 18.3 Å². The van der Waals surface area contributed by atoms with Crippen LogP contribution in [0.1, 0.15) is 47.2 Å². The molecule has 0 bridgehead atoms. The minimum atomic E-state index is -5.52. The number of hydrogen-bond donors (Lipinski definition) is 1. The molecule has 8 nitrogen and oxygen atoms in total. The normalized spacial score (nSPS) is 21.5. The topological polar surface area (TPSA) is 88.5 Å². The number of nitrogens with zero attached hydrogens (tertiary/aromatic N) is 2. The van der Waals surface area contributed by atoms with Gasteiger partial charge in [0.05, 0.1) is 6.61 Å². The number of para-hydroxylation sites is 1. The number of likely N-dealkylation sites (tertiary alicyclic amines) is 1. The number of aliphatic hydroxyl groups is 1. The van der Waals surface area contributed by atoms with Crippen LogP contribution in [0.4, 0.5) is 22.0 Å². The summed E-state index contributed by atoms with van der Waals surface area (Å²) in [5.41, 5.74) is -4.01. The lowest BCUT2D eigenvalue weighted by atomic mass is 9.86. The van der Waals surface area contributed by atoms with Crippen LogP contribution in [-0.2, 0) is 10.4 Å². The maximum Gasteiger partial charge on any atom is 0.586 e. The summed E-state index contributed by atoms with van der Waals surface area (Å²) in [5.74, 6) is -2.60. The summed E-state index contributed by atoms with van der Waals surface area (Å²) in [6.45, 7) is 2.18. The summed E-state index contributed by atoms with van der Waals surface area (Å²) >= 11 is 0. The van der Waals surface area contributed by atoms with Gasteiger partial charge in [0.15, 0.2) is 11.5 Å². The molecular weight excluding hydrogens is 567 g/mol. The van der Waals surface area contributed by atoms with Gasteiger partial charge in [0, 0.05) is 38.3 Å². The second-order valence-electron chi connectivity index (χ2n) is 11.4. The van der Waals surface area contributed by atoms with Crippen molar-refractivity contribution in [1.29, 1.82) is 0 Å². The third-order valence-electron chi connectivity index (χ3n) is 8.51. The van der Waals surface area contributed by atoms with Gasteiger partial charge in [-0.1, -0.05) is 12.1 Å². The molecule has 3 aliphatic rings. The Balaban J connectivity index is 1.20. The summed E-state index contributed by atoms with van der Waals surface area (Å²) in [6, 6.07) is 7.92. The molecule has 228 valence electrons. The van der Waals surface area contributed by atoms with E-state index < -0.39 is 41.0 Å². The highest BCUT2D eigenvalue weighted by atomic mass is 19.4. The van der Waals surface area contributed by atoms with Crippen LogP contribution in [0.15, 0.2) is 36.4 Å². The standard InChI is InChI=1S/C29H31F5N2O6/c1-17-15-19(7-8-20(17)24(37)35(2)3)40-14-9-18-16-26(18)10-12-36(13-11-26)25(38)27(39,28(30,31)32)21-5-4-6-22-23(21)42-29(33,34)41-22/h4-8,15,18,39H,9-14,16H2,1-3H3/t18-,27?/m1/s1. The summed E-state index contributed by atoms with van der Waals surface area (Å²) in [7, 11) is 3.36. The Hall–Kier alpha value is -3.61. The molecule has 2 amide bonds. The summed E-state index contributed by atoms with van der Waals surface area (Å²) in [5, 5.41) is 10.9.